The van der Waals surface area contributed by atoms with Crippen molar-refractivity contribution in [2.45, 2.75) is 18.9 Å². The molecular weight excluding hydrogens is 326 g/mol. The van der Waals surface area contributed by atoms with Crippen LogP contribution in [0.3, 0.4) is 0 Å². The summed E-state index contributed by atoms with van der Waals surface area (Å²) in [5, 5.41) is 8.28. The zero-order chi connectivity index (χ0) is 13.8. The van der Waals surface area contributed by atoms with Gasteiger partial charge in [-0.1, -0.05) is 17.7 Å². The summed E-state index contributed by atoms with van der Waals surface area (Å²) in [6.45, 7) is 0. The van der Waals surface area contributed by atoms with E-state index in [9.17, 15) is 0 Å². The number of nitrogens with one attached hydrogen (secondary N) is 1. The van der Waals surface area contributed by atoms with Crippen molar-refractivity contribution in [3.05, 3.63) is 51.2 Å². The van der Waals surface area contributed by atoms with Crippen LogP contribution in [0.15, 0.2) is 35.1 Å². The van der Waals surface area contributed by atoms with Gasteiger partial charge in [-0.2, -0.15) is 5.10 Å². The van der Waals surface area contributed by atoms with Crippen LogP contribution in [-0.2, 0) is 13.5 Å². The molecule has 0 spiro atoms. The second kappa shape index (κ2) is 6.55. The van der Waals surface area contributed by atoms with Crippen LogP contribution in [0.1, 0.15) is 23.6 Å². The van der Waals surface area contributed by atoms with Gasteiger partial charge in [0, 0.05) is 23.8 Å². The molecule has 0 radical (unpaired) electrons. The molecule has 0 aliphatic heterocycles. The van der Waals surface area contributed by atoms with E-state index < -0.39 is 0 Å². The molecule has 1 aromatic heterocycles. The van der Waals surface area contributed by atoms with Gasteiger partial charge in [0.25, 0.3) is 0 Å². The summed E-state index contributed by atoms with van der Waals surface area (Å²) in [5.41, 5.74) is 2.50. The molecule has 0 saturated heterocycles. The maximum absolute atomic E-state index is 6.03. The lowest BCUT2D eigenvalue weighted by Gasteiger charge is -2.17. The fourth-order valence-electron chi connectivity index (χ4n) is 2.12. The van der Waals surface area contributed by atoms with E-state index in [1.54, 1.807) is 0 Å². The quantitative estimate of drug-likeness (QED) is 0.897. The molecule has 1 N–H and O–H groups in total. The Morgan fingerprint density at radius 1 is 1.47 bits per heavy atom. The van der Waals surface area contributed by atoms with Gasteiger partial charge in [0.2, 0.25) is 0 Å². The number of benzene rings is 1. The lowest BCUT2D eigenvalue weighted by atomic mass is 10.0. The first-order chi connectivity index (χ1) is 9.10. The van der Waals surface area contributed by atoms with E-state index in [2.05, 4.69) is 44.7 Å². The summed E-state index contributed by atoms with van der Waals surface area (Å²) in [7, 11) is 3.92. The smallest absolute Gasteiger partial charge is 0.0548 e. The molecule has 19 heavy (non-hydrogen) atoms. The molecule has 3 nitrogen and oxygen atoms in total. The van der Waals surface area contributed by atoms with Crippen LogP contribution in [-0.4, -0.2) is 16.8 Å². The summed E-state index contributed by atoms with van der Waals surface area (Å²) in [6, 6.07) is 6.38. The summed E-state index contributed by atoms with van der Waals surface area (Å²) in [6.07, 6.45) is 6.00. The Balaban J connectivity index is 2.05. The zero-order valence-electron chi connectivity index (χ0n) is 11.0. The Morgan fingerprint density at radius 2 is 2.26 bits per heavy atom. The molecule has 5 heteroatoms. The highest BCUT2D eigenvalue weighted by molar-refractivity contribution is 9.10. The fraction of sp³-hybridized carbons (Fsp3) is 0.357. The molecule has 1 heterocycles. The molecule has 1 atom stereocenters. The molecule has 1 unspecified atom stereocenters. The maximum Gasteiger partial charge on any atom is 0.0548 e. The average molecular weight is 343 g/mol. The van der Waals surface area contributed by atoms with Gasteiger partial charge in [-0.05, 0) is 59.1 Å². The first-order valence-electron chi connectivity index (χ1n) is 6.20. The molecular formula is C14H17BrClN3. The Morgan fingerprint density at radius 3 is 2.84 bits per heavy atom. The Bertz CT molecular complexity index is 553. The van der Waals surface area contributed by atoms with E-state index in [0.29, 0.717) is 6.04 Å². The van der Waals surface area contributed by atoms with Gasteiger partial charge in [0.1, 0.15) is 0 Å². The lowest BCUT2D eigenvalue weighted by molar-refractivity contribution is 0.549. The van der Waals surface area contributed by atoms with E-state index in [1.165, 1.54) is 11.1 Å². The van der Waals surface area contributed by atoms with E-state index in [0.717, 1.165) is 22.3 Å². The molecule has 0 aliphatic carbocycles. The maximum atomic E-state index is 6.03. The van der Waals surface area contributed by atoms with E-state index in [1.807, 2.05) is 31.0 Å². The number of hydrogen-bond acceptors (Lipinski definition) is 2. The minimum absolute atomic E-state index is 0.314. The highest BCUT2D eigenvalue weighted by Crippen LogP contribution is 2.27. The molecule has 2 rings (SSSR count). The normalized spacial score (nSPS) is 12.6. The molecule has 0 aliphatic rings. The third kappa shape index (κ3) is 3.81. The second-order valence-corrected chi connectivity index (χ2v) is 5.84. The predicted molar refractivity (Wildman–Crippen MR) is 82.5 cm³/mol. The fourth-order valence-corrected chi connectivity index (χ4v) is 2.63. The van der Waals surface area contributed by atoms with Gasteiger partial charge in [0.15, 0.2) is 0 Å². The summed E-state index contributed by atoms with van der Waals surface area (Å²) in [5.74, 6) is 0. The van der Waals surface area contributed by atoms with Gasteiger partial charge in [-0.25, -0.2) is 0 Å². The van der Waals surface area contributed by atoms with Crippen molar-refractivity contribution in [1.82, 2.24) is 15.1 Å². The Labute approximate surface area is 127 Å². The van der Waals surface area contributed by atoms with Crippen LogP contribution in [0.4, 0.5) is 0 Å². The summed E-state index contributed by atoms with van der Waals surface area (Å²) < 4.78 is 2.77. The van der Waals surface area contributed by atoms with E-state index in [-0.39, 0.29) is 0 Å². The third-order valence-corrected chi connectivity index (χ3v) is 4.39. The average Bonchev–Trinajstić information content (AvgIpc) is 2.80. The molecule has 0 fully saturated rings. The largest absolute Gasteiger partial charge is 0.313 e. The summed E-state index contributed by atoms with van der Waals surface area (Å²) >= 11 is 9.50. The van der Waals surface area contributed by atoms with Crippen LogP contribution in [0, 0.1) is 0 Å². The van der Waals surface area contributed by atoms with E-state index in [4.69, 9.17) is 11.6 Å². The van der Waals surface area contributed by atoms with E-state index >= 15 is 0 Å². The molecule has 2 aromatic rings. The van der Waals surface area contributed by atoms with Crippen molar-refractivity contribution in [1.29, 1.82) is 0 Å². The Hall–Kier alpha value is -0.840. The molecule has 102 valence electrons. The number of hydrogen-bond donors (Lipinski definition) is 1. The van der Waals surface area contributed by atoms with Crippen LogP contribution < -0.4 is 5.32 Å². The van der Waals surface area contributed by atoms with Gasteiger partial charge >= 0.3 is 0 Å². The van der Waals surface area contributed by atoms with Crippen LogP contribution in [0.5, 0.6) is 0 Å². The zero-order valence-corrected chi connectivity index (χ0v) is 13.4. The summed E-state index contributed by atoms with van der Waals surface area (Å²) in [4.78, 5) is 0. The van der Waals surface area contributed by atoms with Crippen LogP contribution in [0.25, 0.3) is 0 Å². The molecule has 0 amide bonds. The second-order valence-electron chi connectivity index (χ2n) is 4.58. The molecule has 0 saturated carbocycles. The third-order valence-electron chi connectivity index (χ3n) is 3.17. The lowest BCUT2D eigenvalue weighted by Crippen LogP contribution is -2.17. The number of rotatable bonds is 5. The van der Waals surface area contributed by atoms with Crippen molar-refractivity contribution in [2.24, 2.45) is 7.05 Å². The standard InChI is InChI=1S/C14H17BrClN3/c1-17-14(6-3-10-8-18-19(2)9-10)11-4-5-13(16)12(15)7-11/h4-5,7-9,14,17H,3,6H2,1-2H3. The van der Waals surface area contributed by atoms with Gasteiger partial charge in [0.05, 0.1) is 11.2 Å². The van der Waals surface area contributed by atoms with Gasteiger partial charge in [-0.15, -0.1) is 0 Å². The van der Waals surface area contributed by atoms with Crippen molar-refractivity contribution in [2.75, 3.05) is 7.05 Å². The highest BCUT2D eigenvalue weighted by Gasteiger charge is 2.11. The van der Waals surface area contributed by atoms with Crippen molar-refractivity contribution >= 4 is 27.5 Å². The molecule has 1 aromatic carbocycles. The van der Waals surface area contributed by atoms with Gasteiger partial charge < -0.3 is 5.32 Å². The number of nitrogens with zero attached hydrogens (tertiary/aromatic N) is 2. The number of aromatic nitrogens is 2. The topological polar surface area (TPSA) is 29.9 Å². The molecule has 0 bridgehead atoms. The SMILES string of the molecule is CNC(CCc1cnn(C)c1)c1ccc(Cl)c(Br)c1. The minimum atomic E-state index is 0.314. The van der Waals surface area contributed by atoms with Crippen LogP contribution in [0.2, 0.25) is 5.02 Å². The number of halogens is 2. The van der Waals surface area contributed by atoms with Gasteiger partial charge in [-0.3, -0.25) is 4.68 Å². The van der Waals surface area contributed by atoms with Crippen molar-refractivity contribution in [3.8, 4) is 0 Å². The van der Waals surface area contributed by atoms with Crippen molar-refractivity contribution in [3.63, 3.8) is 0 Å². The first-order valence-corrected chi connectivity index (χ1v) is 7.37. The predicted octanol–water partition coefficient (Wildman–Crippen LogP) is 3.73. The highest BCUT2D eigenvalue weighted by atomic mass is 79.9. The number of aryl methyl sites for hydroxylation is 2. The first kappa shape index (κ1) is 14.6. The monoisotopic (exact) mass is 341 g/mol. The van der Waals surface area contributed by atoms with Crippen LogP contribution >= 0.6 is 27.5 Å². The van der Waals surface area contributed by atoms with Crippen molar-refractivity contribution < 1.29 is 0 Å². The Kier molecular flexibility index (Phi) is 5.02. The minimum Gasteiger partial charge on any atom is -0.313 e.